The molecular formula is C14H17NO3. The summed E-state index contributed by atoms with van der Waals surface area (Å²) >= 11 is 0. The molecule has 1 N–H and O–H groups in total. The molecule has 18 heavy (non-hydrogen) atoms. The number of anilines is 1. The van der Waals surface area contributed by atoms with E-state index >= 15 is 0 Å². The maximum atomic E-state index is 11.5. The number of allylic oxidation sites excluding steroid dienone is 1. The largest absolute Gasteiger partial charge is 0.452 e. The molecule has 0 heterocycles. The molecule has 1 aromatic rings. The summed E-state index contributed by atoms with van der Waals surface area (Å²) in [5.74, 6) is -0.868. The first-order valence-corrected chi connectivity index (χ1v) is 5.69. The topological polar surface area (TPSA) is 55.4 Å². The van der Waals surface area contributed by atoms with Crippen molar-refractivity contribution in [1.82, 2.24) is 0 Å². The predicted octanol–water partition coefficient (Wildman–Crippen LogP) is 2.36. The van der Waals surface area contributed by atoms with Crippen molar-refractivity contribution in [1.29, 1.82) is 0 Å². The Hall–Kier alpha value is -2.10. The first kappa shape index (κ1) is 14.0. The lowest BCUT2D eigenvalue weighted by Gasteiger charge is -2.09. The third kappa shape index (κ3) is 4.41. The summed E-state index contributed by atoms with van der Waals surface area (Å²) in [6.07, 6.45) is 2.83. The molecule has 0 fully saturated rings. The lowest BCUT2D eigenvalue weighted by Crippen LogP contribution is -2.20. The van der Waals surface area contributed by atoms with E-state index in [4.69, 9.17) is 4.74 Å². The van der Waals surface area contributed by atoms with E-state index in [1.54, 1.807) is 13.0 Å². The molecule has 0 radical (unpaired) electrons. The van der Waals surface area contributed by atoms with Crippen molar-refractivity contribution in [3.05, 3.63) is 41.5 Å². The Bertz CT molecular complexity index is 478. The number of esters is 1. The SMILES string of the molecule is C/C=C/C(=O)OCC(=O)Nc1ccc(C)cc1C. The van der Waals surface area contributed by atoms with Crippen LogP contribution in [0.25, 0.3) is 0 Å². The molecule has 4 nitrogen and oxygen atoms in total. The number of benzene rings is 1. The number of rotatable bonds is 4. The maximum Gasteiger partial charge on any atom is 0.330 e. The second-order valence-corrected chi connectivity index (χ2v) is 3.97. The number of aryl methyl sites for hydroxylation is 2. The van der Waals surface area contributed by atoms with Crippen LogP contribution in [0.15, 0.2) is 30.4 Å². The molecule has 0 aromatic heterocycles. The van der Waals surface area contributed by atoms with E-state index in [2.05, 4.69) is 5.32 Å². The van der Waals surface area contributed by atoms with Gasteiger partial charge in [0.15, 0.2) is 6.61 Å². The molecule has 1 rings (SSSR count). The van der Waals surface area contributed by atoms with Gasteiger partial charge in [0.25, 0.3) is 5.91 Å². The number of hydrogen-bond acceptors (Lipinski definition) is 3. The minimum Gasteiger partial charge on any atom is -0.452 e. The Balaban J connectivity index is 2.52. The molecule has 1 amide bonds. The van der Waals surface area contributed by atoms with Crippen molar-refractivity contribution in [2.24, 2.45) is 0 Å². The molecule has 0 saturated heterocycles. The molecular weight excluding hydrogens is 230 g/mol. The minimum atomic E-state index is -0.520. The number of carbonyl (C=O) groups is 2. The van der Waals surface area contributed by atoms with Gasteiger partial charge in [-0.15, -0.1) is 0 Å². The summed E-state index contributed by atoms with van der Waals surface area (Å²) in [6.45, 7) is 5.32. The standard InChI is InChI=1S/C14H17NO3/c1-4-5-14(17)18-9-13(16)15-12-7-6-10(2)8-11(12)3/h4-8H,9H2,1-3H3,(H,15,16)/b5-4+. The molecule has 4 heteroatoms. The van der Waals surface area contributed by atoms with Gasteiger partial charge in [-0.1, -0.05) is 23.8 Å². The first-order valence-electron chi connectivity index (χ1n) is 5.69. The van der Waals surface area contributed by atoms with Gasteiger partial charge < -0.3 is 10.1 Å². The van der Waals surface area contributed by atoms with Gasteiger partial charge in [0.1, 0.15) is 0 Å². The van der Waals surface area contributed by atoms with Gasteiger partial charge in [0, 0.05) is 11.8 Å². The van der Waals surface area contributed by atoms with Crippen LogP contribution in [-0.2, 0) is 14.3 Å². The Morgan fingerprint density at radius 2 is 2.06 bits per heavy atom. The van der Waals surface area contributed by atoms with Crippen molar-refractivity contribution in [3.63, 3.8) is 0 Å². The third-order valence-electron chi connectivity index (χ3n) is 2.30. The van der Waals surface area contributed by atoms with Crippen LogP contribution >= 0.6 is 0 Å². The first-order chi connectivity index (χ1) is 8.52. The number of ether oxygens (including phenoxy) is 1. The zero-order chi connectivity index (χ0) is 13.5. The number of hydrogen-bond donors (Lipinski definition) is 1. The second-order valence-electron chi connectivity index (χ2n) is 3.97. The van der Waals surface area contributed by atoms with Crippen LogP contribution in [0.4, 0.5) is 5.69 Å². The van der Waals surface area contributed by atoms with E-state index < -0.39 is 5.97 Å². The molecule has 0 spiro atoms. The highest BCUT2D eigenvalue weighted by molar-refractivity contribution is 5.94. The lowest BCUT2D eigenvalue weighted by atomic mass is 10.1. The van der Waals surface area contributed by atoms with Crippen LogP contribution in [0.5, 0.6) is 0 Å². The molecule has 0 saturated carbocycles. The zero-order valence-electron chi connectivity index (χ0n) is 10.8. The summed E-state index contributed by atoms with van der Waals surface area (Å²) in [5, 5.41) is 2.69. The summed E-state index contributed by atoms with van der Waals surface area (Å²) in [6, 6.07) is 5.71. The summed E-state index contributed by atoms with van der Waals surface area (Å²) in [7, 11) is 0. The summed E-state index contributed by atoms with van der Waals surface area (Å²) in [5.41, 5.74) is 2.83. The fourth-order valence-corrected chi connectivity index (χ4v) is 1.46. The monoisotopic (exact) mass is 247 g/mol. The van der Waals surface area contributed by atoms with Crippen molar-refractivity contribution in [3.8, 4) is 0 Å². The fraction of sp³-hybridized carbons (Fsp3) is 0.286. The van der Waals surface area contributed by atoms with Crippen LogP contribution < -0.4 is 5.32 Å². The van der Waals surface area contributed by atoms with E-state index in [9.17, 15) is 9.59 Å². The maximum absolute atomic E-state index is 11.5. The quantitative estimate of drug-likeness (QED) is 0.656. The van der Waals surface area contributed by atoms with Gasteiger partial charge in [-0.2, -0.15) is 0 Å². The van der Waals surface area contributed by atoms with E-state index in [-0.39, 0.29) is 12.5 Å². The molecule has 0 unspecified atom stereocenters. The predicted molar refractivity (Wildman–Crippen MR) is 70.3 cm³/mol. The highest BCUT2D eigenvalue weighted by atomic mass is 16.5. The Morgan fingerprint density at radius 3 is 2.67 bits per heavy atom. The fourth-order valence-electron chi connectivity index (χ4n) is 1.46. The highest BCUT2D eigenvalue weighted by Crippen LogP contribution is 2.15. The van der Waals surface area contributed by atoms with E-state index in [1.807, 2.05) is 32.0 Å². The molecule has 0 aliphatic heterocycles. The van der Waals surface area contributed by atoms with Gasteiger partial charge in [0.05, 0.1) is 0 Å². The average Bonchev–Trinajstić information content (AvgIpc) is 2.31. The van der Waals surface area contributed by atoms with Crippen molar-refractivity contribution in [2.75, 3.05) is 11.9 Å². The Kier molecular flexibility index (Phi) is 5.11. The third-order valence-corrected chi connectivity index (χ3v) is 2.30. The Labute approximate surface area is 107 Å². The van der Waals surface area contributed by atoms with Crippen LogP contribution in [0.2, 0.25) is 0 Å². The number of nitrogens with one attached hydrogen (secondary N) is 1. The second kappa shape index (κ2) is 6.59. The molecule has 0 bridgehead atoms. The molecule has 0 aliphatic carbocycles. The molecule has 1 aromatic carbocycles. The molecule has 96 valence electrons. The lowest BCUT2D eigenvalue weighted by molar-refractivity contribution is -0.142. The minimum absolute atomic E-state index is 0.281. The van der Waals surface area contributed by atoms with Crippen molar-refractivity contribution >= 4 is 17.6 Å². The average molecular weight is 247 g/mol. The highest BCUT2D eigenvalue weighted by Gasteiger charge is 2.07. The Morgan fingerprint density at radius 1 is 1.33 bits per heavy atom. The molecule has 0 aliphatic rings. The van der Waals surface area contributed by atoms with Crippen LogP contribution in [0, 0.1) is 13.8 Å². The number of carbonyl (C=O) groups excluding carboxylic acids is 2. The number of amides is 1. The van der Waals surface area contributed by atoms with Crippen LogP contribution in [0.3, 0.4) is 0 Å². The normalized spacial score (nSPS) is 10.4. The zero-order valence-corrected chi connectivity index (χ0v) is 10.8. The van der Waals surface area contributed by atoms with Crippen LogP contribution in [-0.4, -0.2) is 18.5 Å². The smallest absolute Gasteiger partial charge is 0.330 e. The molecule has 0 atom stereocenters. The van der Waals surface area contributed by atoms with Gasteiger partial charge in [-0.3, -0.25) is 4.79 Å². The van der Waals surface area contributed by atoms with Crippen LogP contribution in [0.1, 0.15) is 18.1 Å². The summed E-state index contributed by atoms with van der Waals surface area (Å²) in [4.78, 5) is 22.6. The van der Waals surface area contributed by atoms with E-state index in [1.165, 1.54) is 6.08 Å². The van der Waals surface area contributed by atoms with Crippen molar-refractivity contribution in [2.45, 2.75) is 20.8 Å². The van der Waals surface area contributed by atoms with Gasteiger partial charge in [-0.25, -0.2) is 4.79 Å². The van der Waals surface area contributed by atoms with E-state index in [0.29, 0.717) is 0 Å². The summed E-state index contributed by atoms with van der Waals surface area (Å²) < 4.78 is 4.74. The van der Waals surface area contributed by atoms with Crippen molar-refractivity contribution < 1.29 is 14.3 Å². The van der Waals surface area contributed by atoms with Gasteiger partial charge in [-0.05, 0) is 32.4 Å². The van der Waals surface area contributed by atoms with E-state index in [0.717, 1.165) is 16.8 Å². The van der Waals surface area contributed by atoms with Gasteiger partial charge in [0.2, 0.25) is 0 Å². The van der Waals surface area contributed by atoms with Gasteiger partial charge >= 0.3 is 5.97 Å².